The van der Waals surface area contributed by atoms with Crippen LogP contribution in [0.2, 0.25) is 0 Å². The highest BCUT2D eigenvalue weighted by atomic mass is 79.9. The van der Waals surface area contributed by atoms with Crippen LogP contribution in [0.1, 0.15) is 82.4 Å². The van der Waals surface area contributed by atoms with Gasteiger partial charge in [0.25, 0.3) is 0 Å². The largest absolute Gasteiger partial charge is 0.393 e. The third kappa shape index (κ3) is 3.57. The second kappa shape index (κ2) is 8.67. The Morgan fingerprint density at radius 2 is 1.97 bits per heavy atom. The summed E-state index contributed by atoms with van der Waals surface area (Å²) < 4.78 is 0.737. The minimum absolute atomic E-state index is 0.159. The lowest BCUT2D eigenvalue weighted by molar-refractivity contribution is -0.0412. The summed E-state index contributed by atoms with van der Waals surface area (Å²) >= 11 is 3.47. The van der Waals surface area contributed by atoms with E-state index in [4.69, 9.17) is 10.7 Å². The number of rotatable bonds is 2. The SMILES string of the molecule is C[C@]12CC[C@H]3[C@@H](CC=C4C[C@@H](O)CC[C@@]43C)[C@@H]1CC[C@@H]2c1cc(-c2ccnc(Br)c2)c(C#N)c(N)n1. The summed E-state index contributed by atoms with van der Waals surface area (Å²) in [5.74, 6) is 2.75. The van der Waals surface area contributed by atoms with Crippen molar-refractivity contribution >= 4 is 21.7 Å². The molecule has 2 aromatic heterocycles. The maximum Gasteiger partial charge on any atom is 0.142 e. The van der Waals surface area contributed by atoms with E-state index in [1.54, 1.807) is 6.20 Å². The number of aliphatic hydroxyl groups is 1. The fourth-order valence-electron chi connectivity index (χ4n) is 8.81. The first-order valence-corrected chi connectivity index (χ1v) is 14.2. The molecule has 2 aromatic rings. The van der Waals surface area contributed by atoms with Crippen LogP contribution in [0.3, 0.4) is 0 Å². The molecule has 6 heteroatoms. The number of allylic oxidation sites excluding steroid dienone is 1. The van der Waals surface area contributed by atoms with Gasteiger partial charge in [-0.1, -0.05) is 25.5 Å². The van der Waals surface area contributed by atoms with Crippen molar-refractivity contribution in [2.24, 2.45) is 28.6 Å². The summed E-state index contributed by atoms with van der Waals surface area (Å²) in [4.78, 5) is 9.10. The highest BCUT2D eigenvalue weighted by Gasteiger charge is 2.59. The maximum absolute atomic E-state index is 10.3. The third-order valence-electron chi connectivity index (χ3n) is 10.7. The zero-order valence-electron chi connectivity index (χ0n) is 21.2. The Hall–Kier alpha value is -2.23. The zero-order valence-corrected chi connectivity index (χ0v) is 22.8. The van der Waals surface area contributed by atoms with E-state index in [1.807, 2.05) is 12.1 Å². The molecule has 0 bridgehead atoms. The number of pyridine rings is 2. The lowest BCUT2D eigenvalue weighted by atomic mass is 9.47. The van der Waals surface area contributed by atoms with Gasteiger partial charge in [-0.25, -0.2) is 9.97 Å². The molecule has 36 heavy (non-hydrogen) atoms. The Morgan fingerprint density at radius 3 is 2.75 bits per heavy atom. The van der Waals surface area contributed by atoms with Gasteiger partial charge in [0.1, 0.15) is 22.1 Å². The molecular formula is C30H35BrN4O. The van der Waals surface area contributed by atoms with E-state index in [9.17, 15) is 10.4 Å². The molecule has 3 N–H and O–H groups in total. The molecule has 3 saturated carbocycles. The minimum Gasteiger partial charge on any atom is -0.393 e. The number of aliphatic hydroxyl groups excluding tert-OH is 1. The van der Waals surface area contributed by atoms with Crippen molar-refractivity contribution < 1.29 is 5.11 Å². The number of fused-ring (bicyclic) bond motifs is 5. The predicted octanol–water partition coefficient (Wildman–Crippen LogP) is 6.77. The number of anilines is 1. The van der Waals surface area contributed by atoms with Gasteiger partial charge < -0.3 is 10.8 Å². The smallest absolute Gasteiger partial charge is 0.142 e. The molecular weight excluding hydrogens is 512 g/mol. The predicted molar refractivity (Wildman–Crippen MR) is 145 cm³/mol. The zero-order chi connectivity index (χ0) is 25.2. The van der Waals surface area contributed by atoms with Crippen molar-refractivity contribution in [2.45, 2.75) is 77.2 Å². The van der Waals surface area contributed by atoms with E-state index in [2.05, 4.69) is 53.0 Å². The topological polar surface area (TPSA) is 95.8 Å². The molecule has 6 rings (SSSR count). The Morgan fingerprint density at radius 1 is 1.14 bits per heavy atom. The molecule has 0 spiro atoms. The number of aromatic nitrogens is 2. The second-order valence-corrected chi connectivity index (χ2v) is 13.0. The Labute approximate surface area is 222 Å². The standard InChI is InChI=1S/C30H35BrN4O/c1-29-10-7-19(36)14-18(29)3-4-20-23-5-6-25(30(23,2)11-8-24(20)29)26-15-21(22(16-32)28(33)35-26)17-9-12-34-27(31)13-17/h3,9,12-13,15,19-20,23-25,36H,4-8,10-11,14H2,1-2H3,(H2,33,35)/t19-,20-,23-,24-,25+,29-,30-/m0/s1. The van der Waals surface area contributed by atoms with E-state index in [0.717, 1.165) is 53.5 Å². The molecule has 188 valence electrons. The summed E-state index contributed by atoms with van der Waals surface area (Å²) in [5.41, 5.74) is 11.6. The molecule has 0 unspecified atom stereocenters. The van der Waals surface area contributed by atoms with Gasteiger partial charge in [-0.05, 0) is 120 Å². The van der Waals surface area contributed by atoms with Gasteiger partial charge in [0.05, 0.1) is 6.10 Å². The number of hydrogen-bond donors (Lipinski definition) is 2. The summed E-state index contributed by atoms with van der Waals surface area (Å²) in [6.07, 6.45) is 12.9. The molecule has 4 aliphatic carbocycles. The van der Waals surface area contributed by atoms with Gasteiger partial charge >= 0.3 is 0 Å². The van der Waals surface area contributed by atoms with E-state index < -0.39 is 0 Å². The average Bonchev–Trinajstić information content (AvgIpc) is 3.21. The van der Waals surface area contributed by atoms with E-state index in [-0.39, 0.29) is 16.9 Å². The highest BCUT2D eigenvalue weighted by molar-refractivity contribution is 9.10. The van der Waals surface area contributed by atoms with Gasteiger partial charge in [-0.2, -0.15) is 5.26 Å². The van der Waals surface area contributed by atoms with E-state index in [0.29, 0.717) is 35.1 Å². The normalized spacial score (nSPS) is 37.3. The number of nitrogens with zero attached hydrogens (tertiary/aromatic N) is 3. The molecule has 0 amide bonds. The molecule has 0 aliphatic heterocycles. The van der Waals surface area contributed by atoms with Gasteiger partial charge in [-0.3, -0.25) is 0 Å². The third-order valence-corrected chi connectivity index (χ3v) is 11.1. The molecule has 5 nitrogen and oxygen atoms in total. The second-order valence-electron chi connectivity index (χ2n) is 12.2. The van der Waals surface area contributed by atoms with Gasteiger partial charge in [0, 0.05) is 23.4 Å². The monoisotopic (exact) mass is 546 g/mol. The van der Waals surface area contributed by atoms with Crippen molar-refractivity contribution in [1.29, 1.82) is 5.26 Å². The van der Waals surface area contributed by atoms with Crippen molar-refractivity contribution in [3.63, 3.8) is 0 Å². The first kappa shape index (κ1) is 24.1. The molecule has 0 saturated heterocycles. The summed E-state index contributed by atoms with van der Waals surface area (Å²) in [6, 6.07) is 8.29. The molecule has 0 radical (unpaired) electrons. The van der Waals surface area contributed by atoms with Crippen LogP contribution >= 0.6 is 15.9 Å². The lowest BCUT2D eigenvalue weighted by Crippen LogP contribution is -2.50. The Balaban J connectivity index is 1.36. The first-order valence-electron chi connectivity index (χ1n) is 13.4. The molecule has 0 aromatic carbocycles. The molecule has 2 heterocycles. The van der Waals surface area contributed by atoms with Crippen molar-refractivity contribution in [3.8, 4) is 17.2 Å². The van der Waals surface area contributed by atoms with E-state index >= 15 is 0 Å². The number of hydrogen-bond acceptors (Lipinski definition) is 5. The van der Waals surface area contributed by atoms with Crippen LogP contribution in [-0.4, -0.2) is 21.2 Å². The van der Waals surface area contributed by atoms with Crippen molar-refractivity contribution in [2.75, 3.05) is 5.73 Å². The Bertz CT molecular complexity index is 1280. The number of nitriles is 1. The van der Waals surface area contributed by atoms with E-state index in [1.165, 1.54) is 24.8 Å². The van der Waals surface area contributed by atoms with Crippen LogP contribution in [0.25, 0.3) is 11.1 Å². The summed E-state index contributed by atoms with van der Waals surface area (Å²) in [6.45, 7) is 4.98. The van der Waals surface area contributed by atoms with Crippen LogP contribution in [0.5, 0.6) is 0 Å². The number of nitrogen functional groups attached to an aromatic ring is 1. The fourth-order valence-corrected chi connectivity index (χ4v) is 9.17. The lowest BCUT2D eigenvalue weighted by Gasteiger charge is -2.58. The van der Waals surface area contributed by atoms with Gasteiger partial charge in [-0.15, -0.1) is 0 Å². The van der Waals surface area contributed by atoms with Gasteiger partial charge in [0.15, 0.2) is 0 Å². The maximum atomic E-state index is 10.3. The highest BCUT2D eigenvalue weighted by Crippen LogP contribution is 2.68. The van der Waals surface area contributed by atoms with Crippen LogP contribution in [0, 0.1) is 39.9 Å². The molecule has 7 atom stereocenters. The first-order chi connectivity index (χ1) is 17.2. The minimum atomic E-state index is -0.159. The Kier molecular flexibility index (Phi) is 5.81. The fraction of sp³-hybridized carbons (Fsp3) is 0.567. The van der Waals surface area contributed by atoms with Crippen LogP contribution in [0.15, 0.2) is 40.6 Å². The number of halogens is 1. The molecule has 3 fully saturated rings. The number of nitrogens with two attached hydrogens (primary N) is 1. The van der Waals surface area contributed by atoms with Crippen molar-refractivity contribution in [3.05, 3.63) is 51.9 Å². The average molecular weight is 548 g/mol. The molecule has 4 aliphatic rings. The quantitative estimate of drug-likeness (QED) is 0.320. The van der Waals surface area contributed by atoms with Gasteiger partial charge in [0.2, 0.25) is 0 Å². The summed E-state index contributed by atoms with van der Waals surface area (Å²) in [5, 5.41) is 20.2. The van der Waals surface area contributed by atoms with Crippen LogP contribution < -0.4 is 5.73 Å². The van der Waals surface area contributed by atoms with Crippen LogP contribution in [-0.2, 0) is 0 Å². The van der Waals surface area contributed by atoms with Crippen LogP contribution in [0.4, 0.5) is 5.82 Å². The summed E-state index contributed by atoms with van der Waals surface area (Å²) in [7, 11) is 0. The van der Waals surface area contributed by atoms with Crippen molar-refractivity contribution in [1.82, 2.24) is 9.97 Å².